The maximum Gasteiger partial charge on any atom is 0.264 e. The number of hydrogen-bond donors (Lipinski definition) is 1. The van der Waals surface area contributed by atoms with Crippen LogP contribution in [0.15, 0.2) is 42.7 Å². The molecule has 7 nitrogen and oxygen atoms in total. The van der Waals surface area contributed by atoms with Gasteiger partial charge in [-0.05, 0) is 37.1 Å². The molecule has 4 rings (SSSR count). The number of fused-ring (bicyclic) bond motifs is 1. The number of halogens is 2. The molecule has 4 aromatic rings. The van der Waals surface area contributed by atoms with E-state index in [1.54, 1.807) is 31.0 Å². The molecule has 0 spiro atoms. The first-order valence-corrected chi connectivity index (χ1v) is 9.89. The number of pyridine rings is 1. The van der Waals surface area contributed by atoms with Crippen LogP contribution in [-0.2, 0) is 24.8 Å². The second-order valence-electron chi connectivity index (χ2n) is 7.34. The second kappa shape index (κ2) is 8.25. The Hall–Kier alpha value is -3.62. The lowest BCUT2D eigenvalue weighted by atomic mass is 10.1. The topological polar surface area (TPSA) is 77.6 Å². The monoisotopic (exact) mass is 424 g/mol. The van der Waals surface area contributed by atoms with Crippen molar-refractivity contribution < 1.29 is 13.6 Å². The molecular formula is C22H22F2N6O. The van der Waals surface area contributed by atoms with Crippen molar-refractivity contribution in [2.45, 2.75) is 33.2 Å². The molecule has 0 aliphatic heterocycles. The largest absolute Gasteiger partial charge is 0.324 e. The summed E-state index contributed by atoms with van der Waals surface area (Å²) < 4.78 is 30.6. The molecule has 1 aromatic carbocycles. The van der Waals surface area contributed by atoms with Gasteiger partial charge in [-0.1, -0.05) is 19.1 Å². The smallest absolute Gasteiger partial charge is 0.264 e. The minimum atomic E-state index is -2.71. The molecule has 0 fully saturated rings. The molecular weight excluding hydrogens is 402 g/mol. The predicted molar refractivity (Wildman–Crippen MR) is 114 cm³/mol. The fraction of sp³-hybridized carbons (Fsp3) is 0.273. The number of carbonyl (C=O) groups is 1. The van der Waals surface area contributed by atoms with Crippen molar-refractivity contribution in [2.24, 2.45) is 7.05 Å². The van der Waals surface area contributed by atoms with Crippen molar-refractivity contribution in [3.8, 4) is 11.3 Å². The Morgan fingerprint density at radius 2 is 1.97 bits per heavy atom. The van der Waals surface area contributed by atoms with Gasteiger partial charge in [0.25, 0.3) is 6.43 Å². The van der Waals surface area contributed by atoms with E-state index in [0.717, 1.165) is 6.42 Å². The van der Waals surface area contributed by atoms with Crippen molar-refractivity contribution >= 4 is 22.6 Å². The highest BCUT2D eigenvalue weighted by Gasteiger charge is 2.22. The minimum absolute atomic E-state index is 0.147. The molecule has 0 aliphatic carbocycles. The molecule has 0 aliphatic rings. The molecule has 0 saturated carbocycles. The Morgan fingerprint density at radius 3 is 2.58 bits per heavy atom. The van der Waals surface area contributed by atoms with E-state index >= 15 is 0 Å². The highest BCUT2D eigenvalue weighted by molar-refractivity contribution is 5.92. The Balaban J connectivity index is 1.70. The lowest BCUT2D eigenvalue weighted by Crippen LogP contribution is -2.19. The van der Waals surface area contributed by atoms with Gasteiger partial charge in [-0.2, -0.15) is 10.2 Å². The zero-order valence-electron chi connectivity index (χ0n) is 17.4. The van der Waals surface area contributed by atoms with E-state index in [4.69, 9.17) is 0 Å². The molecule has 0 radical (unpaired) electrons. The predicted octanol–water partition coefficient (Wildman–Crippen LogP) is 4.28. The number of benzene rings is 1. The number of aryl methyl sites for hydroxylation is 3. The number of alkyl halides is 2. The second-order valence-corrected chi connectivity index (χ2v) is 7.34. The fourth-order valence-electron chi connectivity index (χ4n) is 3.53. The summed E-state index contributed by atoms with van der Waals surface area (Å²) in [6, 6.07) is 8.91. The summed E-state index contributed by atoms with van der Waals surface area (Å²) in [4.78, 5) is 17.1. The number of amides is 1. The summed E-state index contributed by atoms with van der Waals surface area (Å²) in [6.07, 6.45) is 1.46. The van der Waals surface area contributed by atoms with Gasteiger partial charge in [-0.3, -0.25) is 9.48 Å². The van der Waals surface area contributed by atoms with Crippen molar-refractivity contribution in [1.82, 2.24) is 24.5 Å². The van der Waals surface area contributed by atoms with Crippen LogP contribution in [0.2, 0.25) is 0 Å². The normalized spacial score (nSPS) is 11.4. The Morgan fingerprint density at radius 1 is 1.23 bits per heavy atom. The number of hydrogen-bond acceptors (Lipinski definition) is 4. The van der Waals surface area contributed by atoms with Gasteiger partial charge in [-0.15, -0.1) is 0 Å². The maximum atomic E-state index is 13.8. The van der Waals surface area contributed by atoms with Gasteiger partial charge in [0, 0.05) is 30.1 Å². The van der Waals surface area contributed by atoms with Crippen LogP contribution in [0.5, 0.6) is 0 Å². The van der Waals surface area contributed by atoms with E-state index in [0.29, 0.717) is 22.6 Å². The molecule has 0 bridgehead atoms. The van der Waals surface area contributed by atoms with Crippen LogP contribution < -0.4 is 5.32 Å². The number of anilines is 1. The van der Waals surface area contributed by atoms with Gasteiger partial charge >= 0.3 is 0 Å². The quantitative estimate of drug-likeness (QED) is 0.501. The van der Waals surface area contributed by atoms with Crippen molar-refractivity contribution in [1.29, 1.82) is 0 Å². The van der Waals surface area contributed by atoms with Crippen LogP contribution in [-0.4, -0.2) is 30.5 Å². The highest BCUT2D eigenvalue weighted by Crippen LogP contribution is 2.32. The summed E-state index contributed by atoms with van der Waals surface area (Å²) in [5, 5.41) is 11.5. The zero-order valence-corrected chi connectivity index (χ0v) is 17.4. The third-order valence-corrected chi connectivity index (χ3v) is 5.08. The van der Waals surface area contributed by atoms with E-state index in [1.807, 2.05) is 24.3 Å². The Bertz CT molecular complexity index is 1240. The van der Waals surface area contributed by atoms with Gasteiger partial charge in [0.05, 0.1) is 23.0 Å². The van der Waals surface area contributed by atoms with Gasteiger partial charge < -0.3 is 5.32 Å². The number of nitrogens with one attached hydrogen (secondary N) is 1. The number of rotatable bonds is 6. The van der Waals surface area contributed by atoms with Crippen LogP contribution >= 0.6 is 0 Å². The summed E-state index contributed by atoms with van der Waals surface area (Å²) in [5.41, 5.74) is 3.26. The molecule has 3 heterocycles. The van der Waals surface area contributed by atoms with Gasteiger partial charge in [0.1, 0.15) is 6.54 Å². The number of aromatic nitrogens is 5. The number of carbonyl (C=O) groups excluding carboxylic acids is 1. The van der Waals surface area contributed by atoms with E-state index < -0.39 is 6.43 Å². The molecule has 31 heavy (non-hydrogen) atoms. The lowest BCUT2D eigenvalue weighted by molar-refractivity contribution is -0.116. The third kappa shape index (κ3) is 4.16. The molecule has 3 aromatic heterocycles. The van der Waals surface area contributed by atoms with Gasteiger partial charge in [0.2, 0.25) is 5.91 Å². The summed E-state index contributed by atoms with van der Waals surface area (Å²) in [7, 11) is 1.74. The third-order valence-electron chi connectivity index (χ3n) is 5.08. The van der Waals surface area contributed by atoms with E-state index in [-0.39, 0.29) is 29.0 Å². The molecule has 160 valence electrons. The van der Waals surface area contributed by atoms with Crippen LogP contribution in [0.3, 0.4) is 0 Å². The molecule has 0 atom stereocenters. The average molecular weight is 424 g/mol. The zero-order chi connectivity index (χ0) is 22.1. The number of nitrogens with zero attached hydrogens (tertiary/aromatic N) is 5. The highest BCUT2D eigenvalue weighted by atomic mass is 19.3. The first-order chi connectivity index (χ1) is 14.9. The van der Waals surface area contributed by atoms with E-state index in [9.17, 15) is 13.6 Å². The van der Waals surface area contributed by atoms with Crippen molar-refractivity contribution in [2.75, 3.05) is 5.32 Å². The van der Waals surface area contributed by atoms with Crippen LogP contribution in [0.4, 0.5) is 14.5 Å². The Kier molecular flexibility index (Phi) is 5.50. The van der Waals surface area contributed by atoms with Crippen molar-refractivity contribution in [3.05, 3.63) is 59.5 Å². The van der Waals surface area contributed by atoms with Crippen LogP contribution in [0.25, 0.3) is 22.3 Å². The summed E-state index contributed by atoms with van der Waals surface area (Å²) in [5.74, 6) is -0.319. The summed E-state index contributed by atoms with van der Waals surface area (Å²) >= 11 is 0. The average Bonchev–Trinajstić information content (AvgIpc) is 3.31. The van der Waals surface area contributed by atoms with E-state index in [2.05, 4.69) is 27.4 Å². The van der Waals surface area contributed by atoms with E-state index in [1.165, 1.54) is 16.3 Å². The van der Waals surface area contributed by atoms with Crippen LogP contribution in [0, 0.1) is 6.92 Å². The molecule has 0 unspecified atom stereocenters. The maximum absolute atomic E-state index is 13.8. The molecule has 0 saturated heterocycles. The first-order valence-electron chi connectivity index (χ1n) is 9.89. The molecule has 1 N–H and O–H groups in total. The standard InChI is InChI=1S/C22H22F2N6O/c1-4-14-5-7-16(8-6-14)26-19(31)12-30-22-20(13(2)28-30)17(21(23)24)9-18(27-22)15-10-25-29(3)11-15/h5-11,21H,4,12H2,1-3H3,(H,26,31). The first kappa shape index (κ1) is 20.6. The minimum Gasteiger partial charge on any atom is -0.324 e. The molecule has 1 amide bonds. The summed E-state index contributed by atoms with van der Waals surface area (Å²) in [6.45, 7) is 3.54. The van der Waals surface area contributed by atoms with Crippen molar-refractivity contribution in [3.63, 3.8) is 0 Å². The Labute approximate surface area is 177 Å². The fourth-order valence-corrected chi connectivity index (χ4v) is 3.53. The van der Waals surface area contributed by atoms with Gasteiger partial charge in [-0.25, -0.2) is 18.4 Å². The van der Waals surface area contributed by atoms with Crippen LogP contribution in [0.1, 0.15) is 30.2 Å². The molecule has 9 heteroatoms. The SMILES string of the molecule is CCc1ccc(NC(=O)Cn2nc(C)c3c(C(F)F)cc(-c4cnn(C)c4)nc32)cc1. The lowest BCUT2D eigenvalue weighted by Gasteiger charge is -2.09. The van der Waals surface area contributed by atoms with Gasteiger partial charge in [0.15, 0.2) is 5.65 Å².